The molecular weight excluding hydrogens is 306 g/mol. The number of carboxylic acid groups (broad SMARTS) is 1. The summed E-state index contributed by atoms with van der Waals surface area (Å²) in [5.74, 6) is -1.08. The zero-order chi connectivity index (χ0) is 18.4. The van der Waals surface area contributed by atoms with Gasteiger partial charge in [0, 0.05) is 11.8 Å². The number of aliphatic carboxylic acids is 1. The van der Waals surface area contributed by atoms with Gasteiger partial charge in [-0.05, 0) is 25.0 Å². The Labute approximate surface area is 144 Å². The van der Waals surface area contributed by atoms with E-state index in [4.69, 9.17) is 10.5 Å². The maximum absolute atomic E-state index is 12.5. The molecule has 0 spiro atoms. The Hall–Kier alpha value is -1.88. The first-order chi connectivity index (χ1) is 11.2. The molecule has 1 aromatic rings. The third-order valence-corrected chi connectivity index (χ3v) is 4.53. The number of Topliss-reactive ketones (excluding diaryl/α,β-unsaturated/α-hetero) is 1. The van der Waals surface area contributed by atoms with E-state index in [1.807, 2.05) is 38.1 Å². The van der Waals surface area contributed by atoms with Gasteiger partial charge in [-0.25, -0.2) is 4.79 Å². The number of rotatable bonds is 10. The molecule has 3 N–H and O–H groups in total. The molecule has 0 aliphatic rings. The van der Waals surface area contributed by atoms with Gasteiger partial charge in [-0.15, -0.1) is 0 Å². The number of carboxylic acids is 1. The van der Waals surface area contributed by atoms with Crippen molar-refractivity contribution >= 4 is 11.8 Å². The van der Waals surface area contributed by atoms with E-state index in [1.54, 1.807) is 13.8 Å². The van der Waals surface area contributed by atoms with Crippen LogP contribution in [-0.4, -0.2) is 29.0 Å². The number of unbranched alkanes of at least 4 members (excludes halogenated alkanes) is 2. The molecule has 0 radical (unpaired) electrons. The second-order valence-corrected chi connectivity index (χ2v) is 6.93. The molecule has 0 amide bonds. The summed E-state index contributed by atoms with van der Waals surface area (Å²) in [6, 6.07) is 7.46. The van der Waals surface area contributed by atoms with Crippen LogP contribution in [0.15, 0.2) is 24.3 Å². The summed E-state index contributed by atoms with van der Waals surface area (Å²) < 4.78 is 5.78. The molecule has 0 bridgehead atoms. The maximum atomic E-state index is 12.5. The molecule has 1 unspecified atom stereocenters. The Morgan fingerprint density at radius 1 is 1.21 bits per heavy atom. The van der Waals surface area contributed by atoms with Crippen molar-refractivity contribution < 1.29 is 19.4 Å². The molecule has 1 rings (SSSR count). The number of aryl methyl sites for hydroxylation is 1. The zero-order valence-electron chi connectivity index (χ0n) is 15.1. The van der Waals surface area contributed by atoms with Crippen molar-refractivity contribution in [1.29, 1.82) is 0 Å². The van der Waals surface area contributed by atoms with Gasteiger partial charge in [0.15, 0.2) is 11.3 Å². The Balaban J connectivity index is 2.93. The molecule has 0 aliphatic carbocycles. The molecule has 1 aromatic carbocycles. The molecule has 1 atom stereocenters. The van der Waals surface area contributed by atoms with E-state index < -0.39 is 22.7 Å². The van der Waals surface area contributed by atoms with Gasteiger partial charge in [0.1, 0.15) is 5.75 Å². The lowest BCUT2D eigenvalue weighted by molar-refractivity contribution is -0.155. The van der Waals surface area contributed by atoms with E-state index in [0.29, 0.717) is 12.2 Å². The normalized spacial score (nSPS) is 14.0. The second-order valence-electron chi connectivity index (χ2n) is 6.93. The fraction of sp³-hybridized carbons (Fsp3) is 0.579. The topological polar surface area (TPSA) is 89.6 Å². The SMILES string of the molecule is CCCCCC(=O)C(N)(C(=O)O)C(C)(C)COc1ccccc1C. The van der Waals surface area contributed by atoms with Crippen LogP contribution in [0.2, 0.25) is 0 Å². The highest BCUT2D eigenvalue weighted by molar-refractivity contribution is 6.08. The molecule has 0 saturated carbocycles. The van der Waals surface area contributed by atoms with Crippen molar-refractivity contribution in [3.8, 4) is 5.75 Å². The molecule has 0 aliphatic heterocycles. The van der Waals surface area contributed by atoms with E-state index in [2.05, 4.69) is 0 Å². The summed E-state index contributed by atoms with van der Waals surface area (Å²) in [5, 5.41) is 9.65. The monoisotopic (exact) mass is 335 g/mol. The van der Waals surface area contributed by atoms with Crippen molar-refractivity contribution in [2.45, 2.75) is 58.9 Å². The molecule has 0 saturated heterocycles. The Kier molecular flexibility index (Phi) is 6.96. The van der Waals surface area contributed by atoms with Gasteiger partial charge in [0.2, 0.25) is 0 Å². The van der Waals surface area contributed by atoms with Crippen LogP contribution in [-0.2, 0) is 9.59 Å². The van der Waals surface area contributed by atoms with Crippen LogP contribution in [0.1, 0.15) is 52.0 Å². The summed E-state index contributed by atoms with van der Waals surface area (Å²) in [6.07, 6.45) is 2.65. The number of nitrogens with two attached hydrogens (primary N) is 1. The van der Waals surface area contributed by atoms with Gasteiger partial charge >= 0.3 is 5.97 Å². The minimum atomic E-state index is -1.97. The van der Waals surface area contributed by atoms with Gasteiger partial charge in [-0.3, -0.25) is 4.79 Å². The van der Waals surface area contributed by atoms with Crippen LogP contribution in [0.4, 0.5) is 0 Å². The summed E-state index contributed by atoms with van der Waals surface area (Å²) in [6.45, 7) is 7.30. The van der Waals surface area contributed by atoms with Crippen molar-refractivity contribution in [2.75, 3.05) is 6.61 Å². The predicted molar refractivity (Wildman–Crippen MR) is 94.2 cm³/mol. The fourth-order valence-corrected chi connectivity index (χ4v) is 2.61. The largest absolute Gasteiger partial charge is 0.493 e. The second kappa shape index (κ2) is 8.29. The Bertz CT molecular complexity index is 582. The number of carbonyl (C=O) groups excluding carboxylic acids is 1. The number of hydrogen-bond acceptors (Lipinski definition) is 4. The van der Waals surface area contributed by atoms with Crippen molar-refractivity contribution in [3.05, 3.63) is 29.8 Å². The Morgan fingerprint density at radius 2 is 1.83 bits per heavy atom. The molecule has 0 aromatic heterocycles. The van der Waals surface area contributed by atoms with Crippen molar-refractivity contribution in [3.63, 3.8) is 0 Å². The molecular formula is C19H29NO4. The number of benzene rings is 1. The third-order valence-electron chi connectivity index (χ3n) is 4.53. The van der Waals surface area contributed by atoms with E-state index >= 15 is 0 Å². The average Bonchev–Trinajstić information content (AvgIpc) is 2.53. The van der Waals surface area contributed by atoms with Gasteiger partial charge in [0.05, 0.1) is 6.61 Å². The van der Waals surface area contributed by atoms with Crippen LogP contribution in [0.3, 0.4) is 0 Å². The quantitative estimate of drug-likeness (QED) is 0.505. The fourth-order valence-electron chi connectivity index (χ4n) is 2.61. The minimum Gasteiger partial charge on any atom is -0.493 e. The number of ether oxygens (including phenoxy) is 1. The standard InChI is InChI=1S/C19H29NO4/c1-5-6-7-12-16(21)19(20,17(22)23)18(3,4)13-24-15-11-9-8-10-14(15)2/h8-11H,5-7,12-13,20H2,1-4H3,(H,22,23). The number of hydrogen-bond donors (Lipinski definition) is 2. The van der Waals surface area contributed by atoms with Gasteiger partial charge < -0.3 is 15.6 Å². The van der Waals surface area contributed by atoms with E-state index in [0.717, 1.165) is 18.4 Å². The molecule has 134 valence electrons. The van der Waals surface area contributed by atoms with Crippen LogP contribution in [0, 0.1) is 12.3 Å². The van der Waals surface area contributed by atoms with Gasteiger partial charge in [0.25, 0.3) is 0 Å². The highest BCUT2D eigenvalue weighted by atomic mass is 16.5. The highest BCUT2D eigenvalue weighted by Gasteiger charge is 2.54. The summed E-state index contributed by atoms with van der Waals surface area (Å²) >= 11 is 0. The number of para-hydroxylation sites is 1. The number of carbonyl (C=O) groups is 2. The lowest BCUT2D eigenvalue weighted by Gasteiger charge is -2.39. The minimum absolute atomic E-state index is 0.0418. The zero-order valence-corrected chi connectivity index (χ0v) is 15.1. The average molecular weight is 335 g/mol. The van der Waals surface area contributed by atoms with Gasteiger partial charge in [-0.1, -0.05) is 51.8 Å². The summed E-state index contributed by atoms with van der Waals surface area (Å²) in [5.41, 5.74) is 4.04. The highest BCUT2D eigenvalue weighted by Crippen LogP contribution is 2.33. The number of ketones is 1. The molecule has 0 heterocycles. The lowest BCUT2D eigenvalue weighted by atomic mass is 9.69. The van der Waals surface area contributed by atoms with Gasteiger partial charge in [-0.2, -0.15) is 0 Å². The molecule has 24 heavy (non-hydrogen) atoms. The van der Waals surface area contributed by atoms with Crippen LogP contribution in [0.5, 0.6) is 5.75 Å². The van der Waals surface area contributed by atoms with Crippen LogP contribution >= 0.6 is 0 Å². The smallest absolute Gasteiger partial charge is 0.332 e. The summed E-state index contributed by atoms with van der Waals surface area (Å²) in [7, 11) is 0. The lowest BCUT2D eigenvalue weighted by Crippen LogP contribution is -2.66. The first-order valence-corrected chi connectivity index (χ1v) is 8.40. The first kappa shape index (κ1) is 20.2. The van der Waals surface area contributed by atoms with Crippen molar-refractivity contribution in [2.24, 2.45) is 11.1 Å². The van der Waals surface area contributed by atoms with Crippen molar-refractivity contribution in [1.82, 2.24) is 0 Å². The van der Waals surface area contributed by atoms with E-state index in [1.165, 1.54) is 0 Å². The molecule has 5 nitrogen and oxygen atoms in total. The maximum Gasteiger partial charge on any atom is 0.332 e. The van der Waals surface area contributed by atoms with E-state index in [-0.39, 0.29) is 13.0 Å². The molecule has 5 heteroatoms. The Morgan fingerprint density at radius 3 is 2.38 bits per heavy atom. The third kappa shape index (κ3) is 4.35. The summed E-state index contributed by atoms with van der Waals surface area (Å²) in [4.78, 5) is 24.4. The van der Waals surface area contributed by atoms with E-state index in [9.17, 15) is 14.7 Å². The predicted octanol–water partition coefficient (Wildman–Crippen LogP) is 3.33. The molecule has 0 fully saturated rings. The van der Waals surface area contributed by atoms with Crippen LogP contribution < -0.4 is 10.5 Å². The van der Waals surface area contributed by atoms with Crippen LogP contribution in [0.25, 0.3) is 0 Å². The first-order valence-electron chi connectivity index (χ1n) is 8.40.